The van der Waals surface area contributed by atoms with Gasteiger partial charge in [0, 0.05) is 54.7 Å². The molecule has 0 aromatic heterocycles. The Morgan fingerprint density at radius 3 is 1.30 bits per heavy atom. The number of hydrogen-bond donors (Lipinski definition) is 0. The van der Waals surface area contributed by atoms with E-state index in [0.29, 0.717) is 71.5 Å². The fraction of sp³-hybridized carbons (Fsp3) is 0.405. The van der Waals surface area contributed by atoms with Crippen LogP contribution in [-0.2, 0) is 21.4 Å². The molecule has 6 rings (SSSR count). The number of ether oxygens (including phenoxy) is 3. The molecule has 2 aliphatic carbocycles. The summed E-state index contributed by atoms with van der Waals surface area (Å²) in [5.41, 5.74) is 1.67. The lowest BCUT2D eigenvalue weighted by Crippen LogP contribution is -2.21. The largest absolute Gasteiger partial charge is 0.496 e. The number of benzene rings is 6. The maximum absolute atomic E-state index is 14.7. The van der Waals surface area contributed by atoms with Gasteiger partial charge in [-0.1, -0.05) is 62.3 Å². The van der Waals surface area contributed by atoms with Gasteiger partial charge in [-0.3, -0.25) is 14.7 Å². The first-order chi connectivity index (χ1) is 19.9. The van der Waals surface area contributed by atoms with Crippen molar-refractivity contribution in [2.75, 3.05) is 21.3 Å². The minimum atomic E-state index is -0.435. The zero-order valence-electron chi connectivity index (χ0n) is 27.2. The van der Waals surface area contributed by atoms with E-state index < -0.39 is 16.2 Å². The Morgan fingerprint density at radius 2 is 0.837 bits per heavy atom. The molecule has 6 nitrogen and oxygen atoms in total. The molecule has 43 heavy (non-hydrogen) atoms. The van der Waals surface area contributed by atoms with Crippen molar-refractivity contribution in [1.29, 1.82) is 0 Å². The van der Waals surface area contributed by atoms with Crippen LogP contribution in [0.3, 0.4) is 0 Å². The van der Waals surface area contributed by atoms with Gasteiger partial charge >= 0.3 is 0 Å². The van der Waals surface area contributed by atoms with Crippen molar-refractivity contribution in [3.8, 4) is 34.1 Å². The summed E-state index contributed by atoms with van der Waals surface area (Å²) in [5.74, 6) is 1.10. The Labute approximate surface area is 251 Å². The van der Waals surface area contributed by atoms with Gasteiger partial charge in [0.05, 0.1) is 37.5 Å². The Balaban J connectivity index is 2.14. The van der Waals surface area contributed by atoms with Crippen LogP contribution in [0, 0.1) is 0 Å². The molecule has 0 N–H and O–H groups in total. The molecule has 2 aliphatic rings. The van der Waals surface area contributed by atoms with E-state index in [1.807, 2.05) is 80.5 Å². The molecule has 1 radical (unpaired) electrons. The van der Waals surface area contributed by atoms with Crippen LogP contribution in [-0.4, -0.2) is 21.3 Å². The fourth-order valence-corrected chi connectivity index (χ4v) is 7.05. The van der Waals surface area contributed by atoms with Crippen molar-refractivity contribution in [2.45, 2.75) is 78.6 Å². The van der Waals surface area contributed by atoms with E-state index in [1.165, 1.54) is 0 Å². The summed E-state index contributed by atoms with van der Waals surface area (Å²) < 4.78 is 18.0. The molecule has 0 fully saturated rings. The lowest BCUT2D eigenvalue weighted by Gasteiger charge is -2.31. The first-order valence-electron chi connectivity index (χ1n) is 14.7. The van der Waals surface area contributed by atoms with Gasteiger partial charge in [0.2, 0.25) is 0 Å². The van der Waals surface area contributed by atoms with Crippen molar-refractivity contribution in [2.24, 2.45) is 0 Å². The van der Waals surface area contributed by atoms with Crippen LogP contribution >= 0.6 is 0 Å². The van der Waals surface area contributed by atoms with E-state index in [9.17, 15) is 14.7 Å². The van der Waals surface area contributed by atoms with E-state index in [-0.39, 0.29) is 16.6 Å². The highest BCUT2D eigenvalue weighted by molar-refractivity contribution is 6.34. The van der Waals surface area contributed by atoms with Gasteiger partial charge in [0.25, 0.3) is 0 Å². The van der Waals surface area contributed by atoms with Crippen molar-refractivity contribution in [1.82, 2.24) is 0 Å². The van der Waals surface area contributed by atoms with Gasteiger partial charge in [0.1, 0.15) is 17.2 Å². The summed E-state index contributed by atoms with van der Waals surface area (Å²) in [7, 11) is 4.69. The SMILES string of the molecule is COc1c(C(C)(C)C)cc2c3c1c(=O)c1cc(C(C)(C)C)c(OC)c4c([O])c5cc(C(C)(C)C)c(OC)c(c2=O)c5c-3c41. The predicted molar refractivity (Wildman–Crippen MR) is 175 cm³/mol. The summed E-state index contributed by atoms with van der Waals surface area (Å²) in [6, 6.07) is 5.61. The van der Waals surface area contributed by atoms with E-state index in [2.05, 4.69) is 0 Å². The molecular weight excluding hydrogens is 540 g/mol. The highest BCUT2D eigenvalue weighted by atomic mass is 16.5. The Morgan fingerprint density at radius 1 is 0.465 bits per heavy atom. The molecule has 0 saturated heterocycles. The molecule has 0 atom stereocenters. The third kappa shape index (κ3) is 3.65. The lowest BCUT2D eigenvalue weighted by molar-refractivity contribution is 0.360. The van der Waals surface area contributed by atoms with Crippen LogP contribution in [0.25, 0.3) is 54.2 Å². The molecular formula is C37H39O6. The normalized spacial score (nSPS) is 13.4. The van der Waals surface area contributed by atoms with Crippen LogP contribution in [0.1, 0.15) is 79.0 Å². The molecule has 4 aromatic carbocycles. The molecule has 6 heteroatoms. The summed E-state index contributed by atoms with van der Waals surface area (Å²) in [6.45, 7) is 18.3. The molecule has 0 unspecified atom stereocenters. The first-order valence-corrected chi connectivity index (χ1v) is 14.7. The van der Waals surface area contributed by atoms with Gasteiger partial charge in [-0.15, -0.1) is 0 Å². The minimum absolute atomic E-state index is 0.266. The smallest absolute Gasteiger partial charge is 0.198 e. The van der Waals surface area contributed by atoms with Crippen molar-refractivity contribution < 1.29 is 19.3 Å². The maximum atomic E-state index is 14.7. The number of hydrogen-bond acceptors (Lipinski definition) is 5. The monoisotopic (exact) mass is 579 g/mol. The Bertz CT molecular complexity index is 2160. The third-order valence-electron chi connectivity index (χ3n) is 9.04. The summed E-state index contributed by atoms with van der Waals surface area (Å²) in [6.07, 6.45) is 0. The predicted octanol–water partition coefficient (Wildman–Crippen LogP) is 8.50. The standard InChI is InChI=1S/C37H39O6/c1-35(2,3)19-13-16-22-25-23-17(30(39)26(22)32(19)41-10)14-20(36(4,5)6)34(43-12)28(23)31(40)18-15-21(37(7,8)9)33(42-11)27(24(18)25)29(16)38/h13-15H,1-12H3. The van der Waals surface area contributed by atoms with Gasteiger partial charge in [-0.25, -0.2) is 0 Å². The molecule has 4 aromatic rings. The van der Waals surface area contributed by atoms with Crippen molar-refractivity contribution in [3.63, 3.8) is 0 Å². The van der Waals surface area contributed by atoms with Crippen molar-refractivity contribution >= 4 is 43.1 Å². The van der Waals surface area contributed by atoms with Crippen LogP contribution < -0.4 is 25.1 Å². The second-order valence-electron chi connectivity index (χ2n) is 14.9. The molecule has 0 spiro atoms. The van der Waals surface area contributed by atoms with Crippen LogP contribution in [0.15, 0.2) is 27.8 Å². The second-order valence-corrected chi connectivity index (χ2v) is 14.9. The van der Waals surface area contributed by atoms with Crippen molar-refractivity contribution in [3.05, 3.63) is 55.3 Å². The van der Waals surface area contributed by atoms with E-state index >= 15 is 0 Å². The Kier molecular flexibility index (Phi) is 5.90. The highest BCUT2D eigenvalue weighted by Crippen LogP contribution is 2.57. The zero-order valence-corrected chi connectivity index (χ0v) is 27.2. The fourth-order valence-electron chi connectivity index (χ4n) is 7.05. The molecule has 0 amide bonds. The van der Waals surface area contributed by atoms with Gasteiger partial charge in [-0.2, -0.15) is 0 Å². The van der Waals surface area contributed by atoms with Crippen LogP contribution in [0.2, 0.25) is 0 Å². The zero-order chi connectivity index (χ0) is 31.7. The van der Waals surface area contributed by atoms with Gasteiger partial charge < -0.3 is 14.2 Å². The minimum Gasteiger partial charge on any atom is -0.496 e. The lowest BCUT2D eigenvalue weighted by atomic mass is 9.74. The number of rotatable bonds is 3. The maximum Gasteiger partial charge on any atom is 0.198 e. The molecule has 223 valence electrons. The van der Waals surface area contributed by atoms with E-state index in [4.69, 9.17) is 14.2 Å². The summed E-state index contributed by atoms with van der Waals surface area (Å²) in [4.78, 5) is 29.4. The number of methoxy groups -OCH3 is 3. The molecule has 0 bridgehead atoms. The van der Waals surface area contributed by atoms with E-state index in [0.717, 1.165) is 16.7 Å². The van der Waals surface area contributed by atoms with Crippen LogP contribution in [0.5, 0.6) is 23.0 Å². The molecule has 0 aliphatic heterocycles. The quantitative estimate of drug-likeness (QED) is 0.155. The average Bonchev–Trinajstić information content (AvgIpc) is 2.91. The summed E-state index contributed by atoms with van der Waals surface area (Å²) >= 11 is 0. The van der Waals surface area contributed by atoms with Gasteiger partial charge in [-0.05, 0) is 34.4 Å². The first kappa shape index (κ1) is 29.0. The highest BCUT2D eigenvalue weighted by Gasteiger charge is 2.38. The topological polar surface area (TPSA) is 81.7 Å². The van der Waals surface area contributed by atoms with Gasteiger partial charge in [0.15, 0.2) is 16.6 Å². The van der Waals surface area contributed by atoms with E-state index in [1.54, 1.807) is 21.3 Å². The summed E-state index contributed by atoms with van der Waals surface area (Å²) in [5, 5.41) is 18.1. The second kappa shape index (κ2) is 8.75. The van der Waals surface area contributed by atoms with Crippen LogP contribution in [0.4, 0.5) is 0 Å². The average molecular weight is 580 g/mol. The third-order valence-corrected chi connectivity index (χ3v) is 9.04. The molecule has 0 heterocycles. The Hall–Kier alpha value is -4.06. The molecule has 0 saturated carbocycles.